The van der Waals surface area contributed by atoms with Gasteiger partial charge in [-0.3, -0.25) is 0 Å². The molecule has 27 heavy (non-hydrogen) atoms. The van der Waals surface area contributed by atoms with Crippen LogP contribution in [-0.2, 0) is 6.54 Å². The Hall–Kier alpha value is -1.87. The van der Waals surface area contributed by atoms with Crippen LogP contribution < -0.4 is 5.32 Å². The lowest BCUT2D eigenvalue weighted by atomic mass is 9.97. The van der Waals surface area contributed by atoms with Crippen molar-refractivity contribution < 1.29 is 0 Å². The molecule has 0 radical (unpaired) electrons. The Morgan fingerprint density at radius 1 is 0.926 bits per heavy atom. The van der Waals surface area contributed by atoms with E-state index in [0.717, 1.165) is 11.7 Å². The van der Waals surface area contributed by atoms with E-state index in [1.54, 1.807) is 0 Å². The molecule has 1 aliphatic carbocycles. The second kappa shape index (κ2) is 10.5. The number of rotatable bonds is 5. The molecule has 1 fully saturated rings. The summed E-state index contributed by atoms with van der Waals surface area (Å²) in [6, 6.07) is 22.1. The highest BCUT2D eigenvalue weighted by atomic mass is 32.1. The van der Waals surface area contributed by atoms with Crippen LogP contribution in [0.25, 0.3) is 0 Å². The van der Waals surface area contributed by atoms with Crippen LogP contribution in [0.1, 0.15) is 69.0 Å². The van der Waals surface area contributed by atoms with Crippen molar-refractivity contribution in [3.8, 4) is 0 Å². The SMILES string of the molecule is CC(c1ccccc1)N(Cc1ccccc1)C(=S)NC1CCCCCCC1. The van der Waals surface area contributed by atoms with Crippen LogP contribution in [0.15, 0.2) is 60.7 Å². The fraction of sp³-hybridized carbons (Fsp3) is 0.458. The number of hydrogen-bond donors (Lipinski definition) is 1. The molecule has 1 saturated carbocycles. The molecule has 0 aromatic heterocycles. The fourth-order valence-electron chi connectivity index (χ4n) is 3.93. The number of nitrogens with one attached hydrogen (secondary N) is 1. The maximum absolute atomic E-state index is 5.92. The molecule has 1 aliphatic rings. The van der Waals surface area contributed by atoms with Crippen LogP contribution in [0.5, 0.6) is 0 Å². The van der Waals surface area contributed by atoms with Gasteiger partial charge in [-0.1, -0.05) is 92.8 Å². The summed E-state index contributed by atoms with van der Waals surface area (Å²) in [5, 5.41) is 4.60. The molecule has 3 rings (SSSR count). The van der Waals surface area contributed by atoms with E-state index >= 15 is 0 Å². The van der Waals surface area contributed by atoms with E-state index in [9.17, 15) is 0 Å². The molecule has 3 heteroatoms. The molecule has 2 nitrogen and oxygen atoms in total. The minimum atomic E-state index is 0.236. The van der Waals surface area contributed by atoms with Crippen molar-refractivity contribution >= 4 is 17.3 Å². The van der Waals surface area contributed by atoms with Gasteiger partial charge in [0, 0.05) is 12.6 Å². The molecule has 0 spiro atoms. The van der Waals surface area contributed by atoms with E-state index in [2.05, 4.69) is 77.8 Å². The van der Waals surface area contributed by atoms with Crippen molar-refractivity contribution in [1.29, 1.82) is 0 Å². The second-order valence-corrected chi connectivity index (χ2v) is 8.08. The van der Waals surface area contributed by atoms with Gasteiger partial charge in [0.15, 0.2) is 5.11 Å². The predicted octanol–water partition coefficient (Wildman–Crippen LogP) is 6.24. The highest BCUT2D eigenvalue weighted by Gasteiger charge is 2.21. The summed E-state index contributed by atoms with van der Waals surface area (Å²) in [4.78, 5) is 2.35. The Morgan fingerprint density at radius 2 is 1.48 bits per heavy atom. The van der Waals surface area contributed by atoms with Crippen LogP contribution in [0.2, 0.25) is 0 Å². The molecule has 2 aromatic carbocycles. The molecular formula is C24H32N2S. The van der Waals surface area contributed by atoms with E-state index in [-0.39, 0.29) is 6.04 Å². The molecular weight excluding hydrogens is 348 g/mol. The van der Waals surface area contributed by atoms with Gasteiger partial charge in [0.1, 0.15) is 0 Å². The van der Waals surface area contributed by atoms with Crippen molar-refractivity contribution in [1.82, 2.24) is 10.2 Å². The summed E-state index contributed by atoms with van der Waals surface area (Å²) in [6.07, 6.45) is 9.21. The zero-order chi connectivity index (χ0) is 18.9. The standard InChI is InChI=1S/C24H32N2S/c1-20(22-15-9-6-10-16-22)26(19-21-13-7-5-8-14-21)24(27)25-23-17-11-3-2-4-12-18-23/h5-10,13-16,20,23H,2-4,11-12,17-19H2,1H3,(H,25,27). The highest BCUT2D eigenvalue weighted by molar-refractivity contribution is 7.80. The lowest BCUT2D eigenvalue weighted by Crippen LogP contribution is -2.45. The molecule has 0 aliphatic heterocycles. The quantitative estimate of drug-likeness (QED) is 0.618. The summed E-state index contributed by atoms with van der Waals surface area (Å²) >= 11 is 5.92. The molecule has 144 valence electrons. The van der Waals surface area contributed by atoms with Crippen molar-refractivity contribution in [2.45, 2.75) is 70.5 Å². The van der Waals surface area contributed by atoms with E-state index in [1.165, 1.54) is 56.1 Å². The molecule has 0 amide bonds. The van der Waals surface area contributed by atoms with E-state index in [1.807, 2.05) is 0 Å². The third-order valence-corrected chi connectivity index (χ3v) is 5.99. The minimum absolute atomic E-state index is 0.236. The van der Waals surface area contributed by atoms with Gasteiger partial charge < -0.3 is 10.2 Å². The topological polar surface area (TPSA) is 15.3 Å². The number of thiocarbonyl (C=S) groups is 1. The van der Waals surface area contributed by atoms with Gasteiger partial charge in [-0.25, -0.2) is 0 Å². The van der Waals surface area contributed by atoms with Crippen LogP contribution in [0.3, 0.4) is 0 Å². The van der Waals surface area contributed by atoms with Gasteiger partial charge in [-0.2, -0.15) is 0 Å². The first-order valence-corrected chi connectivity index (χ1v) is 10.8. The summed E-state index contributed by atoms with van der Waals surface area (Å²) in [6.45, 7) is 3.08. The molecule has 2 aromatic rings. The summed E-state index contributed by atoms with van der Waals surface area (Å²) in [7, 11) is 0. The van der Waals surface area contributed by atoms with Crippen LogP contribution in [0, 0.1) is 0 Å². The minimum Gasteiger partial charge on any atom is -0.360 e. The van der Waals surface area contributed by atoms with E-state index < -0.39 is 0 Å². The second-order valence-electron chi connectivity index (χ2n) is 7.69. The summed E-state index contributed by atoms with van der Waals surface area (Å²) in [5.74, 6) is 0. The maximum Gasteiger partial charge on any atom is 0.169 e. The highest BCUT2D eigenvalue weighted by Crippen LogP contribution is 2.24. The molecule has 0 heterocycles. The molecule has 1 N–H and O–H groups in total. The average molecular weight is 381 g/mol. The Bertz CT molecular complexity index is 678. The van der Waals surface area contributed by atoms with Crippen LogP contribution >= 0.6 is 12.2 Å². The van der Waals surface area contributed by atoms with Gasteiger partial charge in [0.25, 0.3) is 0 Å². The van der Waals surface area contributed by atoms with Crippen molar-refractivity contribution in [3.05, 3.63) is 71.8 Å². The van der Waals surface area contributed by atoms with Gasteiger partial charge in [-0.15, -0.1) is 0 Å². The average Bonchev–Trinajstić information content (AvgIpc) is 2.69. The Morgan fingerprint density at radius 3 is 2.11 bits per heavy atom. The molecule has 1 unspecified atom stereocenters. The summed E-state index contributed by atoms with van der Waals surface area (Å²) < 4.78 is 0. The predicted molar refractivity (Wildman–Crippen MR) is 119 cm³/mol. The smallest absolute Gasteiger partial charge is 0.169 e. The van der Waals surface area contributed by atoms with Gasteiger partial charge in [0.05, 0.1) is 6.04 Å². The Balaban J connectivity index is 1.74. The lowest BCUT2D eigenvalue weighted by molar-refractivity contribution is 0.313. The van der Waals surface area contributed by atoms with E-state index in [4.69, 9.17) is 12.2 Å². The lowest BCUT2D eigenvalue weighted by Gasteiger charge is -2.34. The first-order chi connectivity index (χ1) is 13.2. The van der Waals surface area contributed by atoms with Crippen LogP contribution in [0.4, 0.5) is 0 Å². The number of nitrogens with zero attached hydrogens (tertiary/aromatic N) is 1. The van der Waals surface area contributed by atoms with Gasteiger partial charge in [-0.05, 0) is 43.1 Å². The number of hydrogen-bond acceptors (Lipinski definition) is 1. The first-order valence-electron chi connectivity index (χ1n) is 10.4. The Labute approximate surface area is 170 Å². The number of benzene rings is 2. The fourth-order valence-corrected chi connectivity index (χ4v) is 4.32. The third kappa shape index (κ3) is 6.07. The monoisotopic (exact) mass is 380 g/mol. The summed E-state index contributed by atoms with van der Waals surface area (Å²) in [5.41, 5.74) is 2.59. The molecule has 0 saturated heterocycles. The third-order valence-electron chi connectivity index (χ3n) is 5.64. The zero-order valence-electron chi connectivity index (χ0n) is 16.4. The van der Waals surface area contributed by atoms with Crippen molar-refractivity contribution in [2.75, 3.05) is 0 Å². The van der Waals surface area contributed by atoms with Crippen LogP contribution in [-0.4, -0.2) is 16.1 Å². The van der Waals surface area contributed by atoms with Crippen molar-refractivity contribution in [2.24, 2.45) is 0 Å². The Kier molecular flexibility index (Phi) is 7.70. The normalized spacial score (nSPS) is 16.8. The zero-order valence-corrected chi connectivity index (χ0v) is 17.3. The van der Waals surface area contributed by atoms with Crippen molar-refractivity contribution in [3.63, 3.8) is 0 Å². The molecule has 1 atom stereocenters. The maximum atomic E-state index is 5.92. The largest absolute Gasteiger partial charge is 0.360 e. The first kappa shape index (κ1) is 19.9. The van der Waals surface area contributed by atoms with Gasteiger partial charge >= 0.3 is 0 Å². The molecule has 0 bridgehead atoms. The van der Waals surface area contributed by atoms with E-state index in [0.29, 0.717) is 6.04 Å². The van der Waals surface area contributed by atoms with Gasteiger partial charge in [0.2, 0.25) is 0 Å².